The zero-order valence-electron chi connectivity index (χ0n) is 6.63. The van der Waals surface area contributed by atoms with E-state index >= 15 is 0 Å². The number of hydrogen-bond acceptors (Lipinski definition) is 1. The normalized spacial score (nSPS) is 12.0. The van der Waals surface area contributed by atoms with E-state index in [4.69, 9.17) is 4.74 Å². The Morgan fingerprint density at radius 1 is 1.60 bits per heavy atom. The van der Waals surface area contributed by atoms with Gasteiger partial charge in [0.15, 0.2) is 0 Å². The van der Waals surface area contributed by atoms with Gasteiger partial charge in [0.2, 0.25) is 0 Å². The molecule has 0 aromatic carbocycles. The predicted octanol–water partition coefficient (Wildman–Crippen LogP) is 2.67. The van der Waals surface area contributed by atoms with Gasteiger partial charge in [0.1, 0.15) is 5.76 Å². The molecule has 0 heterocycles. The van der Waals surface area contributed by atoms with Gasteiger partial charge in [-0.15, -0.1) is 0 Å². The van der Waals surface area contributed by atoms with Gasteiger partial charge in [0.25, 0.3) is 0 Å². The molecular formula is C9H14O. The molecule has 0 radical (unpaired) electrons. The lowest BCUT2D eigenvalue weighted by Gasteiger charge is -1.94. The number of hydrogen-bond donors (Lipinski definition) is 0. The third-order valence-corrected chi connectivity index (χ3v) is 1.07. The minimum absolute atomic E-state index is 0.796. The highest BCUT2D eigenvalue weighted by molar-refractivity contribution is 5.15. The molecule has 10 heavy (non-hydrogen) atoms. The van der Waals surface area contributed by atoms with E-state index in [-0.39, 0.29) is 0 Å². The molecule has 1 heteroatoms. The number of methoxy groups -OCH3 is 1. The summed E-state index contributed by atoms with van der Waals surface area (Å²) in [5.41, 5.74) is 0. The SMILES string of the molecule is C=C/C(=C\C=C/CC)OC. The first-order valence-electron chi connectivity index (χ1n) is 3.38. The number of ether oxygens (including phenoxy) is 1. The van der Waals surface area contributed by atoms with Crippen LogP contribution in [0.5, 0.6) is 0 Å². The molecule has 0 spiro atoms. The minimum atomic E-state index is 0.796. The highest BCUT2D eigenvalue weighted by atomic mass is 16.5. The minimum Gasteiger partial charge on any atom is -0.497 e. The van der Waals surface area contributed by atoms with Gasteiger partial charge >= 0.3 is 0 Å². The van der Waals surface area contributed by atoms with E-state index in [1.807, 2.05) is 12.2 Å². The Kier molecular flexibility index (Phi) is 5.54. The maximum absolute atomic E-state index is 4.94. The van der Waals surface area contributed by atoms with E-state index in [0.29, 0.717) is 0 Å². The summed E-state index contributed by atoms with van der Waals surface area (Å²) in [6.07, 6.45) is 8.63. The van der Waals surface area contributed by atoms with E-state index < -0.39 is 0 Å². The van der Waals surface area contributed by atoms with Crippen LogP contribution < -0.4 is 0 Å². The summed E-state index contributed by atoms with van der Waals surface area (Å²) in [5.74, 6) is 0.796. The fourth-order valence-corrected chi connectivity index (χ4v) is 0.518. The standard InChI is InChI=1S/C9H14O/c1-4-6-7-8-9(5-2)10-3/h5-8H,2,4H2,1,3H3/b7-6-,9-8+. The summed E-state index contributed by atoms with van der Waals surface area (Å²) in [6.45, 7) is 5.67. The van der Waals surface area contributed by atoms with Crippen LogP contribution >= 0.6 is 0 Å². The highest BCUT2D eigenvalue weighted by Crippen LogP contribution is 1.95. The molecule has 0 aliphatic carbocycles. The molecule has 0 aromatic heterocycles. The van der Waals surface area contributed by atoms with Gasteiger partial charge in [0, 0.05) is 0 Å². The first-order chi connectivity index (χ1) is 4.85. The van der Waals surface area contributed by atoms with Crippen LogP contribution in [0.2, 0.25) is 0 Å². The predicted molar refractivity (Wildman–Crippen MR) is 44.7 cm³/mol. The number of rotatable bonds is 4. The van der Waals surface area contributed by atoms with Crippen LogP contribution in [0.15, 0.2) is 36.6 Å². The smallest absolute Gasteiger partial charge is 0.118 e. The Morgan fingerprint density at radius 2 is 2.30 bits per heavy atom. The van der Waals surface area contributed by atoms with Gasteiger partial charge in [-0.3, -0.25) is 0 Å². The van der Waals surface area contributed by atoms with Crippen LogP contribution in [0.4, 0.5) is 0 Å². The maximum Gasteiger partial charge on any atom is 0.118 e. The monoisotopic (exact) mass is 138 g/mol. The molecule has 0 unspecified atom stereocenters. The van der Waals surface area contributed by atoms with Crippen molar-refractivity contribution in [1.82, 2.24) is 0 Å². The molecule has 0 bridgehead atoms. The van der Waals surface area contributed by atoms with E-state index in [2.05, 4.69) is 19.6 Å². The highest BCUT2D eigenvalue weighted by Gasteiger charge is 1.80. The molecule has 0 fully saturated rings. The Morgan fingerprint density at radius 3 is 2.70 bits per heavy atom. The van der Waals surface area contributed by atoms with Gasteiger partial charge in [0.05, 0.1) is 7.11 Å². The third kappa shape index (κ3) is 3.96. The third-order valence-electron chi connectivity index (χ3n) is 1.07. The van der Waals surface area contributed by atoms with Crippen molar-refractivity contribution in [1.29, 1.82) is 0 Å². The molecule has 0 saturated heterocycles. The quantitative estimate of drug-likeness (QED) is 0.428. The topological polar surface area (TPSA) is 9.23 Å². The molecule has 56 valence electrons. The lowest BCUT2D eigenvalue weighted by atomic mass is 10.3. The van der Waals surface area contributed by atoms with Crippen molar-refractivity contribution >= 4 is 0 Å². The Bertz CT molecular complexity index is 143. The second-order valence-corrected chi connectivity index (χ2v) is 1.81. The molecule has 0 N–H and O–H groups in total. The summed E-state index contributed by atoms with van der Waals surface area (Å²) in [5, 5.41) is 0. The fraction of sp³-hybridized carbons (Fsp3) is 0.333. The molecule has 0 aliphatic rings. The largest absolute Gasteiger partial charge is 0.497 e. The second-order valence-electron chi connectivity index (χ2n) is 1.81. The molecule has 0 atom stereocenters. The zero-order chi connectivity index (χ0) is 7.82. The van der Waals surface area contributed by atoms with Crippen LogP contribution in [-0.2, 0) is 4.74 Å². The van der Waals surface area contributed by atoms with Crippen LogP contribution in [0.3, 0.4) is 0 Å². The molecule has 0 aliphatic heterocycles. The van der Waals surface area contributed by atoms with E-state index in [9.17, 15) is 0 Å². The van der Waals surface area contributed by atoms with E-state index in [1.54, 1.807) is 13.2 Å². The summed E-state index contributed by atoms with van der Waals surface area (Å²) in [6, 6.07) is 0. The molecule has 0 aromatic rings. The van der Waals surface area contributed by atoms with Gasteiger partial charge in [-0.05, 0) is 18.6 Å². The van der Waals surface area contributed by atoms with Crippen molar-refractivity contribution in [2.75, 3.05) is 7.11 Å². The lowest BCUT2D eigenvalue weighted by Crippen LogP contribution is -1.77. The van der Waals surface area contributed by atoms with E-state index in [1.165, 1.54) is 0 Å². The van der Waals surface area contributed by atoms with Crippen molar-refractivity contribution in [3.05, 3.63) is 36.6 Å². The van der Waals surface area contributed by atoms with Crippen molar-refractivity contribution in [3.8, 4) is 0 Å². The summed E-state index contributed by atoms with van der Waals surface area (Å²) >= 11 is 0. The fourth-order valence-electron chi connectivity index (χ4n) is 0.518. The van der Waals surface area contributed by atoms with Gasteiger partial charge in [-0.25, -0.2) is 0 Å². The zero-order valence-corrected chi connectivity index (χ0v) is 6.63. The average molecular weight is 138 g/mol. The van der Waals surface area contributed by atoms with Gasteiger partial charge in [-0.1, -0.05) is 25.7 Å². The molecule has 0 amide bonds. The maximum atomic E-state index is 4.94. The van der Waals surface area contributed by atoms with Crippen LogP contribution in [0.1, 0.15) is 13.3 Å². The Hall–Kier alpha value is -0.980. The van der Waals surface area contributed by atoms with Crippen molar-refractivity contribution in [2.24, 2.45) is 0 Å². The van der Waals surface area contributed by atoms with Crippen molar-refractivity contribution in [2.45, 2.75) is 13.3 Å². The first kappa shape index (κ1) is 9.02. The van der Waals surface area contributed by atoms with Crippen molar-refractivity contribution < 1.29 is 4.74 Å². The lowest BCUT2D eigenvalue weighted by molar-refractivity contribution is 0.307. The molecule has 1 nitrogen and oxygen atoms in total. The van der Waals surface area contributed by atoms with Gasteiger partial charge in [-0.2, -0.15) is 0 Å². The average Bonchev–Trinajstić information content (AvgIpc) is 1.99. The molecular weight excluding hydrogens is 124 g/mol. The van der Waals surface area contributed by atoms with Crippen LogP contribution in [0, 0.1) is 0 Å². The van der Waals surface area contributed by atoms with Crippen LogP contribution in [-0.4, -0.2) is 7.11 Å². The number of allylic oxidation sites excluding steroid dienone is 4. The summed E-state index contributed by atoms with van der Waals surface area (Å²) in [4.78, 5) is 0. The second kappa shape index (κ2) is 6.14. The first-order valence-corrected chi connectivity index (χ1v) is 3.38. The van der Waals surface area contributed by atoms with E-state index in [0.717, 1.165) is 12.2 Å². The van der Waals surface area contributed by atoms with Crippen molar-refractivity contribution in [3.63, 3.8) is 0 Å². The Balaban J connectivity index is 3.85. The van der Waals surface area contributed by atoms with Crippen LogP contribution in [0.25, 0.3) is 0 Å². The molecule has 0 rings (SSSR count). The Labute approximate surface area is 62.7 Å². The summed E-state index contributed by atoms with van der Waals surface area (Å²) < 4.78 is 4.94. The molecule has 0 saturated carbocycles. The summed E-state index contributed by atoms with van der Waals surface area (Å²) in [7, 11) is 1.63. The van der Waals surface area contributed by atoms with Gasteiger partial charge < -0.3 is 4.74 Å².